The smallest absolute Gasteiger partial charge is 0.411 e. The van der Waals surface area contributed by atoms with Gasteiger partial charge in [0.1, 0.15) is 0 Å². The highest BCUT2D eigenvalue weighted by molar-refractivity contribution is 7.17. The van der Waals surface area contributed by atoms with Crippen LogP contribution in [-0.2, 0) is 0 Å². The number of benzene rings is 2. The summed E-state index contributed by atoms with van der Waals surface area (Å²) in [6.45, 7) is 7.61. The number of hydrogen-bond donors (Lipinski definition) is 1. The van der Waals surface area contributed by atoms with E-state index >= 15 is 0 Å². The third-order valence-electron chi connectivity index (χ3n) is 6.17. The van der Waals surface area contributed by atoms with E-state index in [9.17, 15) is 9.90 Å². The van der Waals surface area contributed by atoms with Crippen LogP contribution in [0.4, 0.5) is 16.2 Å². The number of fused-ring (bicyclic) bond motifs is 1. The van der Waals surface area contributed by atoms with Crippen LogP contribution in [0.3, 0.4) is 0 Å². The lowest BCUT2D eigenvalue weighted by Crippen LogP contribution is -2.46. The van der Waals surface area contributed by atoms with Gasteiger partial charge in [0, 0.05) is 61.6 Å². The van der Waals surface area contributed by atoms with Crippen LogP contribution in [0.2, 0.25) is 0 Å². The van der Waals surface area contributed by atoms with Gasteiger partial charge in [0.2, 0.25) is 0 Å². The number of ether oxygens (including phenoxy) is 2. The Morgan fingerprint density at radius 3 is 2.70 bits per heavy atom. The SMILES string of the molecule is COc1cc(N(C)C(=O)O)cc(C)c1OCCCN1CCN(c2cccc3sccc23)CC1. The molecule has 8 heteroatoms. The molecule has 33 heavy (non-hydrogen) atoms. The summed E-state index contributed by atoms with van der Waals surface area (Å²) >= 11 is 1.80. The number of carboxylic acid groups (broad SMARTS) is 1. The molecule has 176 valence electrons. The molecule has 1 fully saturated rings. The Labute approximate surface area is 198 Å². The van der Waals surface area contributed by atoms with Crippen molar-refractivity contribution in [2.45, 2.75) is 13.3 Å². The van der Waals surface area contributed by atoms with Gasteiger partial charge in [-0.15, -0.1) is 11.3 Å². The monoisotopic (exact) mass is 469 g/mol. The Balaban J connectivity index is 1.27. The van der Waals surface area contributed by atoms with Crippen molar-refractivity contribution in [2.24, 2.45) is 0 Å². The maximum Gasteiger partial charge on any atom is 0.411 e. The number of piperazine rings is 1. The summed E-state index contributed by atoms with van der Waals surface area (Å²) in [4.78, 5) is 17.4. The highest BCUT2D eigenvalue weighted by atomic mass is 32.1. The molecule has 2 aromatic carbocycles. The zero-order valence-electron chi connectivity index (χ0n) is 19.4. The molecular formula is C25H31N3O4S. The van der Waals surface area contributed by atoms with E-state index in [1.807, 2.05) is 6.92 Å². The Kier molecular flexibility index (Phi) is 7.25. The number of amides is 1. The fraction of sp³-hybridized carbons (Fsp3) is 0.400. The van der Waals surface area contributed by atoms with E-state index in [-0.39, 0.29) is 0 Å². The minimum Gasteiger partial charge on any atom is -0.493 e. The molecule has 1 N–H and O–H groups in total. The molecule has 1 aliphatic heterocycles. The highest BCUT2D eigenvalue weighted by Gasteiger charge is 2.19. The lowest BCUT2D eigenvalue weighted by atomic mass is 10.1. The minimum atomic E-state index is -1.02. The van der Waals surface area contributed by atoms with Crippen LogP contribution >= 0.6 is 11.3 Å². The third kappa shape index (κ3) is 5.17. The first-order chi connectivity index (χ1) is 16.0. The quantitative estimate of drug-likeness (QED) is 0.472. The van der Waals surface area contributed by atoms with Crippen molar-refractivity contribution in [3.8, 4) is 11.5 Å². The summed E-state index contributed by atoms with van der Waals surface area (Å²) in [7, 11) is 3.08. The van der Waals surface area contributed by atoms with Crippen LogP contribution in [-0.4, -0.2) is 69.6 Å². The third-order valence-corrected chi connectivity index (χ3v) is 7.05. The summed E-state index contributed by atoms with van der Waals surface area (Å²) in [6.07, 6.45) is -0.100. The number of hydrogen-bond acceptors (Lipinski definition) is 6. The molecule has 0 radical (unpaired) electrons. The second-order valence-electron chi connectivity index (χ2n) is 8.28. The molecule has 0 spiro atoms. The summed E-state index contributed by atoms with van der Waals surface area (Å²) in [6, 6.07) is 12.3. The highest BCUT2D eigenvalue weighted by Crippen LogP contribution is 2.36. The second kappa shape index (κ2) is 10.3. The van der Waals surface area contributed by atoms with Gasteiger partial charge in [0.25, 0.3) is 0 Å². The van der Waals surface area contributed by atoms with Crippen molar-refractivity contribution in [2.75, 3.05) is 63.3 Å². The second-order valence-corrected chi connectivity index (χ2v) is 9.22. The molecule has 0 atom stereocenters. The minimum absolute atomic E-state index is 0.550. The van der Waals surface area contributed by atoms with E-state index in [1.54, 1.807) is 30.6 Å². The molecule has 1 aliphatic rings. The van der Waals surface area contributed by atoms with E-state index in [0.29, 0.717) is 23.8 Å². The van der Waals surface area contributed by atoms with E-state index in [4.69, 9.17) is 9.47 Å². The number of aryl methyl sites for hydroxylation is 1. The molecule has 3 aromatic rings. The van der Waals surface area contributed by atoms with Crippen LogP contribution in [0, 0.1) is 6.92 Å². The van der Waals surface area contributed by atoms with Crippen molar-refractivity contribution in [1.82, 2.24) is 4.90 Å². The molecule has 1 amide bonds. The molecule has 7 nitrogen and oxygen atoms in total. The first-order valence-corrected chi connectivity index (χ1v) is 12.1. The van der Waals surface area contributed by atoms with Gasteiger partial charge in [-0.25, -0.2) is 4.79 Å². The van der Waals surface area contributed by atoms with E-state index < -0.39 is 6.09 Å². The van der Waals surface area contributed by atoms with Crippen molar-refractivity contribution in [3.05, 3.63) is 47.3 Å². The van der Waals surface area contributed by atoms with Gasteiger partial charge in [0.15, 0.2) is 11.5 Å². The molecule has 0 aliphatic carbocycles. The number of nitrogens with zero attached hydrogens (tertiary/aromatic N) is 3. The normalized spacial score (nSPS) is 14.5. The fourth-order valence-corrected chi connectivity index (χ4v) is 5.10. The summed E-state index contributed by atoms with van der Waals surface area (Å²) in [5.74, 6) is 1.23. The summed E-state index contributed by atoms with van der Waals surface area (Å²) in [5, 5.41) is 12.7. The zero-order chi connectivity index (χ0) is 23.4. The molecule has 0 unspecified atom stereocenters. The van der Waals surface area contributed by atoms with Crippen molar-refractivity contribution in [3.63, 3.8) is 0 Å². The molecular weight excluding hydrogens is 438 g/mol. The van der Waals surface area contributed by atoms with Gasteiger partial charge in [-0.2, -0.15) is 0 Å². The van der Waals surface area contributed by atoms with Gasteiger partial charge < -0.3 is 19.5 Å². The van der Waals surface area contributed by atoms with Gasteiger partial charge in [-0.05, 0) is 48.6 Å². The number of methoxy groups -OCH3 is 1. The fourth-order valence-electron chi connectivity index (χ4n) is 4.29. The van der Waals surface area contributed by atoms with E-state index in [2.05, 4.69) is 39.4 Å². The molecule has 2 heterocycles. The van der Waals surface area contributed by atoms with Gasteiger partial charge in [-0.3, -0.25) is 9.80 Å². The van der Waals surface area contributed by atoms with Crippen LogP contribution in [0.5, 0.6) is 11.5 Å². The van der Waals surface area contributed by atoms with Crippen LogP contribution in [0.15, 0.2) is 41.8 Å². The Morgan fingerprint density at radius 1 is 1.18 bits per heavy atom. The Hall–Kier alpha value is -2.97. The lowest BCUT2D eigenvalue weighted by Gasteiger charge is -2.36. The van der Waals surface area contributed by atoms with Crippen LogP contribution in [0.25, 0.3) is 10.1 Å². The van der Waals surface area contributed by atoms with Crippen LogP contribution in [0.1, 0.15) is 12.0 Å². The largest absolute Gasteiger partial charge is 0.493 e. The number of anilines is 2. The van der Waals surface area contributed by atoms with Crippen molar-refractivity contribution < 1.29 is 19.4 Å². The van der Waals surface area contributed by atoms with E-state index in [0.717, 1.165) is 49.6 Å². The molecule has 1 saturated heterocycles. The average molecular weight is 470 g/mol. The predicted octanol–water partition coefficient (Wildman–Crippen LogP) is 4.92. The molecule has 4 rings (SSSR count). The van der Waals surface area contributed by atoms with Crippen LogP contribution < -0.4 is 19.3 Å². The molecule has 0 saturated carbocycles. The maximum atomic E-state index is 11.2. The van der Waals surface area contributed by atoms with E-state index in [1.165, 1.54) is 22.8 Å². The van der Waals surface area contributed by atoms with Gasteiger partial charge >= 0.3 is 6.09 Å². The Bertz CT molecular complexity index is 1110. The van der Waals surface area contributed by atoms with Gasteiger partial charge in [-0.1, -0.05) is 6.07 Å². The molecule has 1 aromatic heterocycles. The summed E-state index contributed by atoms with van der Waals surface area (Å²) in [5.41, 5.74) is 2.75. The maximum absolute atomic E-state index is 11.2. The molecule has 0 bridgehead atoms. The predicted molar refractivity (Wildman–Crippen MR) is 135 cm³/mol. The number of thiophene rings is 1. The average Bonchev–Trinajstić information content (AvgIpc) is 3.31. The summed E-state index contributed by atoms with van der Waals surface area (Å²) < 4.78 is 12.9. The lowest BCUT2D eigenvalue weighted by molar-refractivity contribution is 0.203. The standard InChI is InChI=1S/C25H31N3O4S/c1-18-16-19(26(2)25(29)30)17-22(31-3)24(18)32-14-5-9-27-10-12-28(13-11-27)21-6-4-7-23-20(21)8-15-33-23/h4,6-8,15-17H,5,9-14H2,1-3H3,(H,29,30). The van der Waals surface area contributed by atoms with Gasteiger partial charge in [0.05, 0.1) is 19.4 Å². The Morgan fingerprint density at radius 2 is 1.97 bits per heavy atom. The first kappa shape index (κ1) is 23.2. The number of rotatable bonds is 8. The van der Waals surface area contributed by atoms with Crippen molar-refractivity contribution >= 4 is 38.9 Å². The first-order valence-electron chi connectivity index (χ1n) is 11.2. The number of carbonyl (C=O) groups is 1. The van der Waals surface area contributed by atoms with Crippen molar-refractivity contribution in [1.29, 1.82) is 0 Å². The zero-order valence-corrected chi connectivity index (χ0v) is 20.2. The topological polar surface area (TPSA) is 65.5 Å².